The molecule has 10 N–H and O–H groups in total. The number of nitrogens with one attached hydrogen (secondary N) is 3. The molecule has 0 aliphatic rings. The summed E-state index contributed by atoms with van der Waals surface area (Å²) in [6.45, 7) is 0.341. The third kappa shape index (κ3) is 9.03. The molecule has 0 aliphatic carbocycles. The number of phenols is 2. The number of aliphatic carboxylic acids is 1. The molecule has 5 atom stereocenters. The van der Waals surface area contributed by atoms with E-state index in [0.717, 1.165) is 0 Å². The van der Waals surface area contributed by atoms with E-state index in [1.165, 1.54) is 43.3 Å². The molecule has 2 rings (SSSR count). The van der Waals surface area contributed by atoms with Crippen molar-refractivity contribution in [2.45, 2.75) is 50.0 Å². The van der Waals surface area contributed by atoms with Crippen molar-refractivity contribution in [2.75, 3.05) is 6.61 Å². The summed E-state index contributed by atoms with van der Waals surface area (Å²) in [6, 6.07) is 6.06. The van der Waals surface area contributed by atoms with Gasteiger partial charge in [-0.2, -0.15) is 0 Å². The van der Waals surface area contributed by atoms with Gasteiger partial charge in [0.05, 0.1) is 18.8 Å². The Morgan fingerprint density at radius 1 is 0.763 bits per heavy atom. The van der Waals surface area contributed by atoms with E-state index >= 15 is 0 Å². The number of benzene rings is 2. The van der Waals surface area contributed by atoms with Crippen LogP contribution in [0.4, 0.5) is 0 Å². The van der Waals surface area contributed by atoms with E-state index in [2.05, 4.69) is 16.0 Å². The summed E-state index contributed by atoms with van der Waals surface area (Å²) in [5.41, 5.74) is 7.05. The molecule has 206 valence electrons. The fourth-order valence-electron chi connectivity index (χ4n) is 3.44. The maximum atomic E-state index is 12.9. The molecule has 0 bridgehead atoms. The summed E-state index contributed by atoms with van der Waals surface area (Å²) in [4.78, 5) is 49.8. The number of nitrogens with two attached hydrogens (primary N) is 1. The monoisotopic (exact) mass is 532 g/mol. The Hall–Kier alpha value is -4.20. The molecule has 2 aromatic rings. The summed E-state index contributed by atoms with van der Waals surface area (Å²) < 4.78 is 0. The lowest BCUT2D eigenvalue weighted by Crippen LogP contribution is -2.59. The zero-order valence-corrected chi connectivity index (χ0v) is 20.6. The molecule has 13 heteroatoms. The van der Waals surface area contributed by atoms with Crippen molar-refractivity contribution in [1.82, 2.24) is 16.0 Å². The topological polar surface area (TPSA) is 232 Å². The van der Waals surface area contributed by atoms with Gasteiger partial charge in [-0.05, 0) is 48.7 Å². The second kappa shape index (κ2) is 13.9. The molecule has 0 saturated heterocycles. The van der Waals surface area contributed by atoms with Crippen molar-refractivity contribution >= 4 is 23.7 Å². The molecule has 0 spiro atoms. The Kier molecular flexibility index (Phi) is 11.0. The van der Waals surface area contributed by atoms with Crippen LogP contribution in [0.25, 0.3) is 0 Å². The summed E-state index contributed by atoms with van der Waals surface area (Å²) in [5.74, 6) is -4.13. The van der Waals surface area contributed by atoms with Crippen LogP contribution in [0.5, 0.6) is 11.5 Å². The van der Waals surface area contributed by atoms with Crippen LogP contribution in [-0.4, -0.2) is 86.1 Å². The number of amides is 3. The van der Waals surface area contributed by atoms with Gasteiger partial charge < -0.3 is 47.2 Å². The van der Waals surface area contributed by atoms with E-state index in [9.17, 15) is 44.7 Å². The lowest BCUT2D eigenvalue weighted by atomic mass is 10.0. The summed E-state index contributed by atoms with van der Waals surface area (Å²) >= 11 is 0. The fourth-order valence-corrected chi connectivity index (χ4v) is 3.44. The van der Waals surface area contributed by atoms with E-state index in [4.69, 9.17) is 5.73 Å². The first-order chi connectivity index (χ1) is 17.9. The Bertz CT molecular complexity index is 1110. The van der Waals surface area contributed by atoms with Gasteiger partial charge in [0.2, 0.25) is 17.7 Å². The van der Waals surface area contributed by atoms with Gasteiger partial charge in [-0.25, -0.2) is 4.79 Å². The Morgan fingerprint density at radius 3 is 1.66 bits per heavy atom. The van der Waals surface area contributed by atoms with Crippen LogP contribution < -0.4 is 21.7 Å². The first-order valence-corrected chi connectivity index (χ1v) is 11.7. The van der Waals surface area contributed by atoms with Crippen LogP contribution >= 0.6 is 0 Å². The maximum Gasteiger partial charge on any atom is 0.328 e. The standard InChI is InChI=1S/C25H32N4O9/c1-13(31)21(25(37)38)29-23(35)19(11-15-4-8-17(33)9-5-15)27-24(36)20(12-30)28-22(34)18(26)10-14-2-6-16(32)7-3-14/h2-9,13,18-21,30-33H,10-12,26H2,1H3,(H,27,36)(H,28,34)(H,29,35)(H,37,38). The van der Waals surface area contributed by atoms with Gasteiger partial charge in [0.1, 0.15) is 23.6 Å². The first kappa shape index (κ1) is 30.0. The van der Waals surface area contributed by atoms with Gasteiger partial charge >= 0.3 is 5.97 Å². The van der Waals surface area contributed by atoms with Gasteiger partial charge in [-0.1, -0.05) is 24.3 Å². The van der Waals surface area contributed by atoms with Crippen LogP contribution in [0.3, 0.4) is 0 Å². The van der Waals surface area contributed by atoms with E-state index in [-0.39, 0.29) is 24.3 Å². The van der Waals surface area contributed by atoms with Gasteiger partial charge in [0.25, 0.3) is 0 Å². The summed E-state index contributed by atoms with van der Waals surface area (Å²) in [7, 11) is 0. The number of phenolic OH excluding ortho intramolecular Hbond substituents is 2. The normalized spacial score (nSPS) is 14.8. The highest BCUT2D eigenvalue weighted by Crippen LogP contribution is 2.13. The Labute approximate surface area is 218 Å². The lowest BCUT2D eigenvalue weighted by molar-refractivity contribution is -0.145. The summed E-state index contributed by atoms with van der Waals surface area (Å²) in [6.07, 6.45) is -1.51. The number of carboxylic acids is 1. The molecule has 0 aliphatic heterocycles. The van der Waals surface area contributed by atoms with Crippen LogP contribution in [-0.2, 0) is 32.0 Å². The smallest absolute Gasteiger partial charge is 0.328 e. The van der Waals surface area contributed by atoms with Gasteiger partial charge in [0, 0.05) is 6.42 Å². The number of hydrogen-bond acceptors (Lipinski definition) is 9. The molecular formula is C25H32N4O9. The van der Waals surface area contributed by atoms with Gasteiger partial charge in [-0.15, -0.1) is 0 Å². The predicted molar refractivity (Wildman–Crippen MR) is 134 cm³/mol. The second-order valence-corrected chi connectivity index (χ2v) is 8.72. The van der Waals surface area contributed by atoms with Crippen molar-refractivity contribution in [3.05, 3.63) is 59.7 Å². The summed E-state index contributed by atoms with van der Waals surface area (Å²) in [5, 5.41) is 54.4. The predicted octanol–water partition coefficient (Wildman–Crippen LogP) is -1.88. The molecule has 0 radical (unpaired) electrons. The van der Waals surface area contributed by atoms with Gasteiger partial charge in [0.15, 0.2) is 6.04 Å². The van der Waals surface area contributed by atoms with Crippen molar-refractivity contribution < 1.29 is 44.7 Å². The van der Waals surface area contributed by atoms with E-state index < -0.39 is 60.6 Å². The van der Waals surface area contributed by atoms with Crippen LogP contribution in [0.1, 0.15) is 18.1 Å². The third-order valence-corrected chi connectivity index (χ3v) is 5.60. The number of aromatic hydroxyl groups is 2. The average molecular weight is 533 g/mol. The minimum absolute atomic E-state index is 0.0365. The van der Waals surface area contributed by atoms with Crippen molar-refractivity contribution in [2.24, 2.45) is 5.73 Å². The molecule has 0 aromatic heterocycles. The Balaban J connectivity index is 2.14. The number of carboxylic acid groups (broad SMARTS) is 1. The second-order valence-electron chi connectivity index (χ2n) is 8.72. The van der Waals surface area contributed by atoms with Crippen LogP contribution in [0.15, 0.2) is 48.5 Å². The molecular weight excluding hydrogens is 500 g/mol. The highest BCUT2D eigenvalue weighted by molar-refractivity contribution is 5.94. The number of carbonyl (C=O) groups is 4. The maximum absolute atomic E-state index is 12.9. The highest BCUT2D eigenvalue weighted by Gasteiger charge is 2.32. The van der Waals surface area contributed by atoms with Crippen molar-refractivity contribution in [1.29, 1.82) is 0 Å². The molecule has 0 saturated carbocycles. The first-order valence-electron chi connectivity index (χ1n) is 11.7. The SMILES string of the molecule is CC(O)C(NC(=O)C(Cc1ccc(O)cc1)NC(=O)C(CO)NC(=O)C(N)Cc1ccc(O)cc1)C(=O)O. The minimum atomic E-state index is -1.66. The number of aliphatic hydroxyl groups is 2. The number of carbonyl (C=O) groups excluding carboxylic acids is 3. The van der Waals surface area contributed by atoms with E-state index in [0.29, 0.717) is 11.1 Å². The zero-order valence-electron chi connectivity index (χ0n) is 20.6. The van der Waals surface area contributed by atoms with Crippen LogP contribution in [0.2, 0.25) is 0 Å². The molecule has 38 heavy (non-hydrogen) atoms. The number of aliphatic hydroxyl groups excluding tert-OH is 2. The molecule has 0 fully saturated rings. The average Bonchev–Trinajstić information content (AvgIpc) is 2.87. The Morgan fingerprint density at radius 2 is 1.21 bits per heavy atom. The number of rotatable bonds is 13. The molecule has 0 heterocycles. The van der Waals surface area contributed by atoms with Crippen molar-refractivity contribution in [3.8, 4) is 11.5 Å². The third-order valence-electron chi connectivity index (χ3n) is 5.60. The van der Waals surface area contributed by atoms with Gasteiger partial charge in [-0.3, -0.25) is 14.4 Å². The highest BCUT2D eigenvalue weighted by atomic mass is 16.4. The molecule has 5 unspecified atom stereocenters. The molecule has 2 aromatic carbocycles. The lowest BCUT2D eigenvalue weighted by Gasteiger charge is -2.25. The number of hydrogen-bond donors (Lipinski definition) is 9. The van der Waals surface area contributed by atoms with Crippen molar-refractivity contribution in [3.63, 3.8) is 0 Å². The zero-order chi connectivity index (χ0) is 28.4. The largest absolute Gasteiger partial charge is 0.508 e. The van der Waals surface area contributed by atoms with E-state index in [1.54, 1.807) is 12.1 Å². The van der Waals surface area contributed by atoms with E-state index in [1.807, 2.05) is 0 Å². The van der Waals surface area contributed by atoms with Crippen LogP contribution in [0, 0.1) is 0 Å². The quantitative estimate of drug-likeness (QED) is 0.139. The molecule has 13 nitrogen and oxygen atoms in total. The minimum Gasteiger partial charge on any atom is -0.508 e. The fraction of sp³-hybridized carbons (Fsp3) is 0.360. The molecule has 3 amide bonds.